The van der Waals surface area contributed by atoms with Gasteiger partial charge in [-0.25, -0.2) is 0 Å². The molecule has 0 aromatic carbocycles. The molecule has 1 unspecified atom stereocenters. The third-order valence-electron chi connectivity index (χ3n) is 4.20. The van der Waals surface area contributed by atoms with E-state index in [2.05, 4.69) is 12.2 Å². The van der Waals surface area contributed by atoms with Gasteiger partial charge in [-0.2, -0.15) is 0 Å². The van der Waals surface area contributed by atoms with Crippen LogP contribution in [0.1, 0.15) is 39.0 Å². The zero-order valence-corrected chi connectivity index (χ0v) is 12.1. The van der Waals surface area contributed by atoms with Crippen molar-refractivity contribution in [3.05, 3.63) is 0 Å². The number of hydrogen-bond acceptors (Lipinski definition) is 4. The van der Waals surface area contributed by atoms with E-state index in [0.29, 0.717) is 25.7 Å². The van der Waals surface area contributed by atoms with E-state index in [1.807, 2.05) is 4.90 Å². The fourth-order valence-electron chi connectivity index (χ4n) is 3.20. The number of amides is 1. The quantitative estimate of drug-likeness (QED) is 0.705. The number of carbonyl (C=O) groups is 1. The van der Waals surface area contributed by atoms with E-state index in [-0.39, 0.29) is 11.7 Å². The fourth-order valence-corrected chi connectivity index (χ4v) is 3.20. The third-order valence-corrected chi connectivity index (χ3v) is 4.20. The Hall–Kier alpha value is -0.650. The number of rotatable bonds is 7. The summed E-state index contributed by atoms with van der Waals surface area (Å²) >= 11 is 0. The van der Waals surface area contributed by atoms with E-state index in [0.717, 1.165) is 25.8 Å². The SMILES string of the molecule is COCCOCCCN1C(=O)C2(CCCC2)NC1C. The van der Waals surface area contributed by atoms with Crippen molar-refractivity contribution in [3.8, 4) is 0 Å². The number of hydrogen-bond donors (Lipinski definition) is 1. The molecule has 2 fully saturated rings. The molecule has 0 bridgehead atoms. The van der Waals surface area contributed by atoms with Gasteiger partial charge in [0.25, 0.3) is 0 Å². The van der Waals surface area contributed by atoms with Gasteiger partial charge in [-0.1, -0.05) is 12.8 Å². The lowest BCUT2D eigenvalue weighted by molar-refractivity contribution is -0.133. The smallest absolute Gasteiger partial charge is 0.244 e. The van der Waals surface area contributed by atoms with E-state index in [4.69, 9.17) is 9.47 Å². The number of ether oxygens (including phenoxy) is 2. The molecular weight excluding hydrogens is 244 g/mol. The zero-order chi connectivity index (χ0) is 13.7. The summed E-state index contributed by atoms with van der Waals surface area (Å²) in [5.74, 6) is 0.300. The topological polar surface area (TPSA) is 50.8 Å². The highest BCUT2D eigenvalue weighted by atomic mass is 16.5. The molecule has 1 amide bonds. The summed E-state index contributed by atoms with van der Waals surface area (Å²) in [7, 11) is 1.67. The maximum Gasteiger partial charge on any atom is 0.244 e. The number of methoxy groups -OCH3 is 1. The van der Waals surface area contributed by atoms with Crippen LogP contribution in [0.3, 0.4) is 0 Å². The standard InChI is InChI=1S/C14H26N2O3/c1-12-15-14(6-3-4-7-14)13(17)16(12)8-5-9-19-11-10-18-2/h12,15H,3-11H2,1-2H3. The minimum atomic E-state index is -0.240. The van der Waals surface area contributed by atoms with Gasteiger partial charge in [0.2, 0.25) is 5.91 Å². The van der Waals surface area contributed by atoms with Gasteiger partial charge in [-0.05, 0) is 26.2 Å². The lowest BCUT2D eigenvalue weighted by Crippen LogP contribution is -2.44. The van der Waals surface area contributed by atoms with E-state index in [1.165, 1.54) is 12.8 Å². The van der Waals surface area contributed by atoms with E-state index < -0.39 is 0 Å². The number of nitrogens with zero attached hydrogens (tertiary/aromatic N) is 1. The highest BCUT2D eigenvalue weighted by Gasteiger charge is 2.50. The molecule has 1 N–H and O–H groups in total. The Morgan fingerprint density at radius 1 is 1.32 bits per heavy atom. The van der Waals surface area contributed by atoms with Gasteiger partial charge in [0.1, 0.15) is 0 Å². The van der Waals surface area contributed by atoms with Crippen molar-refractivity contribution in [3.63, 3.8) is 0 Å². The van der Waals surface area contributed by atoms with Crippen LogP contribution in [0.15, 0.2) is 0 Å². The molecule has 5 nitrogen and oxygen atoms in total. The van der Waals surface area contributed by atoms with Crippen LogP contribution in [-0.2, 0) is 14.3 Å². The molecule has 19 heavy (non-hydrogen) atoms. The third kappa shape index (κ3) is 3.27. The van der Waals surface area contributed by atoms with Gasteiger partial charge in [0.15, 0.2) is 0 Å². The van der Waals surface area contributed by atoms with Crippen LogP contribution in [0.25, 0.3) is 0 Å². The first-order valence-corrected chi connectivity index (χ1v) is 7.35. The van der Waals surface area contributed by atoms with Crippen LogP contribution in [0.2, 0.25) is 0 Å². The number of carbonyl (C=O) groups excluding carboxylic acids is 1. The van der Waals surface area contributed by atoms with Gasteiger partial charge in [-0.3, -0.25) is 10.1 Å². The predicted octanol–water partition coefficient (Wildman–Crippen LogP) is 1.13. The Balaban J connectivity index is 1.73. The van der Waals surface area contributed by atoms with Gasteiger partial charge in [0.05, 0.1) is 24.9 Å². The highest BCUT2D eigenvalue weighted by Crippen LogP contribution is 2.36. The van der Waals surface area contributed by atoms with Crippen LogP contribution >= 0.6 is 0 Å². The van der Waals surface area contributed by atoms with Crippen LogP contribution in [-0.4, -0.2) is 56.0 Å². The predicted molar refractivity (Wildman–Crippen MR) is 72.8 cm³/mol. The molecule has 0 aromatic heterocycles. The molecule has 1 atom stereocenters. The molecule has 2 rings (SSSR count). The Morgan fingerprint density at radius 3 is 2.74 bits per heavy atom. The van der Waals surface area contributed by atoms with E-state index in [9.17, 15) is 4.79 Å². The molecule has 1 heterocycles. The van der Waals surface area contributed by atoms with E-state index in [1.54, 1.807) is 7.11 Å². The Kier molecular flexibility index (Phi) is 5.19. The van der Waals surface area contributed by atoms with Gasteiger partial charge in [0, 0.05) is 20.3 Å². The van der Waals surface area contributed by atoms with Crippen LogP contribution < -0.4 is 5.32 Å². The average molecular weight is 270 g/mol. The first-order chi connectivity index (χ1) is 9.19. The first-order valence-electron chi connectivity index (χ1n) is 7.35. The van der Waals surface area contributed by atoms with Crippen LogP contribution in [0.4, 0.5) is 0 Å². The molecule has 1 saturated heterocycles. The summed E-state index contributed by atoms with van der Waals surface area (Å²) in [5, 5.41) is 3.51. The Bertz CT molecular complexity index is 303. The lowest BCUT2D eigenvalue weighted by Gasteiger charge is -2.22. The van der Waals surface area contributed by atoms with Gasteiger partial charge in [-0.15, -0.1) is 0 Å². The maximum atomic E-state index is 12.5. The molecular formula is C14H26N2O3. The highest BCUT2D eigenvalue weighted by molar-refractivity contribution is 5.89. The van der Waals surface area contributed by atoms with Crippen LogP contribution in [0.5, 0.6) is 0 Å². The molecule has 110 valence electrons. The van der Waals surface area contributed by atoms with Crippen molar-refractivity contribution in [1.29, 1.82) is 0 Å². The molecule has 1 aliphatic heterocycles. The summed E-state index contributed by atoms with van der Waals surface area (Å²) in [4.78, 5) is 14.5. The van der Waals surface area contributed by atoms with Crippen molar-refractivity contribution in [2.75, 3.05) is 33.5 Å². The molecule has 5 heteroatoms. The molecule has 1 spiro atoms. The monoisotopic (exact) mass is 270 g/mol. The summed E-state index contributed by atoms with van der Waals surface area (Å²) in [5.41, 5.74) is -0.240. The Morgan fingerprint density at radius 2 is 2.05 bits per heavy atom. The largest absolute Gasteiger partial charge is 0.382 e. The fraction of sp³-hybridized carbons (Fsp3) is 0.929. The summed E-state index contributed by atoms with van der Waals surface area (Å²) in [6.45, 7) is 4.80. The van der Waals surface area contributed by atoms with E-state index >= 15 is 0 Å². The normalized spacial score (nSPS) is 25.7. The molecule has 1 saturated carbocycles. The zero-order valence-electron chi connectivity index (χ0n) is 12.1. The van der Waals surface area contributed by atoms with Crippen molar-refractivity contribution >= 4 is 5.91 Å². The Labute approximate surface area is 115 Å². The van der Waals surface area contributed by atoms with Gasteiger partial charge >= 0.3 is 0 Å². The first kappa shape index (κ1) is 14.8. The number of nitrogens with one attached hydrogen (secondary N) is 1. The van der Waals surface area contributed by atoms with Crippen molar-refractivity contribution in [1.82, 2.24) is 10.2 Å². The second-order valence-electron chi connectivity index (χ2n) is 5.57. The minimum Gasteiger partial charge on any atom is -0.382 e. The second-order valence-corrected chi connectivity index (χ2v) is 5.57. The molecule has 1 aliphatic carbocycles. The van der Waals surface area contributed by atoms with Crippen molar-refractivity contribution in [2.45, 2.75) is 50.7 Å². The lowest BCUT2D eigenvalue weighted by atomic mass is 9.98. The van der Waals surface area contributed by atoms with Gasteiger partial charge < -0.3 is 14.4 Å². The maximum absolute atomic E-state index is 12.5. The summed E-state index contributed by atoms with van der Waals surface area (Å²) in [6, 6.07) is 0. The summed E-state index contributed by atoms with van der Waals surface area (Å²) < 4.78 is 10.4. The average Bonchev–Trinajstić information content (AvgIpc) is 2.94. The summed E-state index contributed by atoms with van der Waals surface area (Å²) in [6.07, 6.45) is 5.37. The minimum absolute atomic E-state index is 0.157. The van der Waals surface area contributed by atoms with Crippen LogP contribution in [0, 0.1) is 0 Å². The van der Waals surface area contributed by atoms with Crippen molar-refractivity contribution in [2.24, 2.45) is 0 Å². The van der Waals surface area contributed by atoms with Crippen molar-refractivity contribution < 1.29 is 14.3 Å². The second kappa shape index (κ2) is 6.68. The molecule has 0 aromatic rings. The molecule has 2 aliphatic rings. The molecule has 0 radical (unpaired) electrons.